The fraction of sp³-hybridized carbons (Fsp3) is 0.632. The number of hydrogen-bond donors (Lipinski definition) is 2. The number of amides is 1. The first-order valence-corrected chi connectivity index (χ1v) is 9.97. The molecule has 24 heavy (non-hydrogen) atoms. The molecule has 2 aliphatic heterocycles. The lowest BCUT2D eigenvalue weighted by Crippen LogP contribution is -2.56. The Bertz CT molecular complexity index is 559. The van der Waals surface area contributed by atoms with E-state index < -0.39 is 5.60 Å². The number of piperidine rings is 1. The Morgan fingerprint density at radius 2 is 1.88 bits per heavy atom. The van der Waals surface area contributed by atoms with Gasteiger partial charge in [0.2, 0.25) is 0 Å². The number of benzene rings is 1. The van der Waals surface area contributed by atoms with Gasteiger partial charge in [-0.2, -0.15) is 11.8 Å². The second-order valence-electron chi connectivity index (χ2n) is 7.29. The lowest BCUT2D eigenvalue weighted by atomic mass is 9.75. The first kappa shape index (κ1) is 17.8. The number of carbonyl (C=O) groups excluding carboxylic acids is 1. The molecule has 2 heterocycles. The van der Waals surface area contributed by atoms with Crippen LogP contribution in [0, 0.1) is 5.41 Å². The summed E-state index contributed by atoms with van der Waals surface area (Å²) in [5.74, 6) is 1.55. The van der Waals surface area contributed by atoms with E-state index in [4.69, 9.17) is 0 Å². The minimum Gasteiger partial charge on any atom is -0.396 e. The fourth-order valence-electron chi connectivity index (χ4n) is 3.96. The summed E-state index contributed by atoms with van der Waals surface area (Å²) >= 11 is 1.80. The third kappa shape index (κ3) is 3.79. The van der Waals surface area contributed by atoms with Gasteiger partial charge in [-0.3, -0.25) is 4.79 Å². The van der Waals surface area contributed by atoms with Crippen molar-refractivity contribution in [2.45, 2.75) is 37.7 Å². The van der Waals surface area contributed by atoms with Gasteiger partial charge in [-0.1, -0.05) is 30.3 Å². The van der Waals surface area contributed by atoms with Gasteiger partial charge in [0.05, 0.1) is 6.61 Å². The van der Waals surface area contributed by atoms with Crippen LogP contribution >= 0.6 is 11.8 Å². The van der Waals surface area contributed by atoms with Crippen LogP contribution in [0.4, 0.5) is 0 Å². The Balaban J connectivity index is 1.73. The van der Waals surface area contributed by atoms with Gasteiger partial charge < -0.3 is 15.1 Å². The molecule has 0 bridgehead atoms. The van der Waals surface area contributed by atoms with E-state index in [9.17, 15) is 15.0 Å². The zero-order valence-electron chi connectivity index (χ0n) is 14.1. The molecular weight excluding hydrogens is 322 g/mol. The van der Waals surface area contributed by atoms with Crippen LogP contribution in [-0.2, 0) is 11.2 Å². The van der Waals surface area contributed by atoms with Crippen LogP contribution in [0.15, 0.2) is 30.3 Å². The van der Waals surface area contributed by atoms with Gasteiger partial charge in [0.1, 0.15) is 5.60 Å². The molecule has 1 aromatic carbocycles. The Kier molecular flexibility index (Phi) is 5.52. The molecule has 4 nitrogen and oxygen atoms in total. The van der Waals surface area contributed by atoms with Crippen LogP contribution in [0.25, 0.3) is 0 Å². The second-order valence-corrected chi connectivity index (χ2v) is 8.52. The summed E-state index contributed by atoms with van der Waals surface area (Å²) in [5.41, 5.74) is -0.306. The molecule has 0 spiro atoms. The smallest absolute Gasteiger partial charge is 0.254 e. The van der Waals surface area contributed by atoms with Gasteiger partial charge in [0, 0.05) is 18.5 Å². The molecule has 3 rings (SSSR count). The first-order valence-electron chi connectivity index (χ1n) is 8.81. The molecule has 2 aliphatic rings. The van der Waals surface area contributed by atoms with E-state index in [1.807, 2.05) is 18.2 Å². The van der Waals surface area contributed by atoms with Crippen molar-refractivity contribution in [2.24, 2.45) is 5.41 Å². The summed E-state index contributed by atoms with van der Waals surface area (Å²) in [4.78, 5) is 14.7. The predicted octanol–water partition coefficient (Wildman–Crippen LogP) is 2.09. The van der Waals surface area contributed by atoms with Crippen LogP contribution in [0.3, 0.4) is 0 Å². The summed E-state index contributed by atoms with van der Waals surface area (Å²) in [5, 5.41) is 20.8. The summed E-state index contributed by atoms with van der Waals surface area (Å²) < 4.78 is 0. The van der Waals surface area contributed by atoms with Crippen LogP contribution < -0.4 is 0 Å². The normalized spacial score (nSPS) is 27.0. The van der Waals surface area contributed by atoms with Gasteiger partial charge in [-0.05, 0) is 49.2 Å². The molecule has 0 radical (unpaired) electrons. The molecule has 1 aromatic rings. The first-order chi connectivity index (χ1) is 11.6. The summed E-state index contributed by atoms with van der Waals surface area (Å²) in [7, 11) is 0. The Morgan fingerprint density at radius 1 is 1.17 bits per heavy atom. The van der Waals surface area contributed by atoms with Crippen molar-refractivity contribution in [2.75, 3.05) is 31.2 Å². The molecule has 132 valence electrons. The molecule has 5 heteroatoms. The number of likely N-dealkylation sites (tertiary alicyclic amines) is 1. The number of aliphatic hydroxyl groups is 2. The number of nitrogens with zero attached hydrogens (tertiary/aromatic N) is 1. The lowest BCUT2D eigenvalue weighted by Gasteiger charge is -2.45. The number of thioether (sulfide) groups is 1. The van der Waals surface area contributed by atoms with Gasteiger partial charge in [-0.25, -0.2) is 0 Å². The molecule has 2 saturated heterocycles. The van der Waals surface area contributed by atoms with E-state index in [-0.39, 0.29) is 17.9 Å². The third-order valence-corrected chi connectivity index (χ3v) is 6.41. The van der Waals surface area contributed by atoms with Crippen molar-refractivity contribution in [3.63, 3.8) is 0 Å². The van der Waals surface area contributed by atoms with E-state index in [2.05, 4.69) is 12.1 Å². The van der Waals surface area contributed by atoms with Crippen LogP contribution in [0.5, 0.6) is 0 Å². The molecule has 0 aromatic heterocycles. The van der Waals surface area contributed by atoms with Crippen molar-refractivity contribution in [3.05, 3.63) is 35.9 Å². The summed E-state index contributed by atoms with van der Waals surface area (Å²) in [6, 6.07) is 10.2. The van der Waals surface area contributed by atoms with E-state index >= 15 is 0 Å². The maximum absolute atomic E-state index is 12.9. The van der Waals surface area contributed by atoms with Crippen LogP contribution in [0.1, 0.15) is 31.2 Å². The molecular formula is C19H27NO3S. The topological polar surface area (TPSA) is 60.8 Å². The highest BCUT2D eigenvalue weighted by atomic mass is 32.2. The van der Waals surface area contributed by atoms with Crippen LogP contribution in [0.2, 0.25) is 0 Å². The van der Waals surface area contributed by atoms with Crippen molar-refractivity contribution in [1.82, 2.24) is 4.90 Å². The van der Waals surface area contributed by atoms with Gasteiger partial charge in [-0.15, -0.1) is 0 Å². The Labute approximate surface area is 148 Å². The number of carbonyl (C=O) groups is 1. The fourth-order valence-corrected chi connectivity index (χ4v) is 5.12. The standard InChI is InChI=1S/C19H27NO3S/c21-15-18(13-16-5-2-1-3-6-16)7-4-10-20(14-18)17(22)19(23)8-11-24-12-9-19/h1-3,5-6,21,23H,4,7-15H2. The van der Waals surface area contributed by atoms with Gasteiger partial charge >= 0.3 is 0 Å². The Hall–Kier alpha value is -1.04. The lowest BCUT2D eigenvalue weighted by molar-refractivity contribution is -0.156. The van der Waals surface area contributed by atoms with E-state index in [0.29, 0.717) is 25.9 Å². The summed E-state index contributed by atoms with van der Waals surface area (Å²) in [6.07, 6.45) is 3.64. The van der Waals surface area contributed by atoms with Crippen molar-refractivity contribution in [1.29, 1.82) is 0 Å². The molecule has 0 saturated carbocycles. The minimum absolute atomic E-state index is 0.0694. The maximum Gasteiger partial charge on any atom is 0.254 e. The quantitative estimate of drug-likeness (QED) is 0.874. The molecule has 2 fully saturated rings. The SMILES string of the molecule is O=C(N1CCCC(CO)(Cc2ccccc2)C1)C1(O)CCSCC1. The molecule has 1 atom stereocenters. The van der Waals surface area contributed by atoms with Gasteiger partial charge in [0.25, 0.3) is 5.91 Å². The highest BCUT2D eigenvalue weighted by Crippen LogP contribution is 2.36. The zero-order chi connectivity index (χ0) is 17.0. The summed E-state index contributed by atoms with van der Waals surface area (Å²) in [6.45, 7) is 1.29. The number of aliphatic hydroxyl groups excluding tert-OH is 1. The number of hydrogen-bond acceptors (Lipinski definition) is 4. The predicted molar refractivity (Wildman–Crippen MR) is 97.0 cm³/mol. The third-order valence-electron chi connectivity index (χ3n) is 5.42. The largest absolute Gasteiger partial charge is 0.396 e. The Morgan fingerprint density at radius 3 is 2.54 bits per heavy atom. The highest BCUT2D eigenvalue weighted by molar-refractivity contribution is 7.99. The van der Waals surface area contributed by atoms with E-state index in [0.717, 1.165) is 30.8 Å². The monoisotopic (exact) mass is 349 g/mol. The van der Waals surface area contributed by atoms with Crippen LogP contribution in [-0.4, -0.2) is 57.8 Å². The molecule has 0 aliphatic carbocycles. The maximum atomic E-state index is 12.9. The molecule has 2 N–H and O–H groups in total. The van der Waals surface area contributed by atoms with Crippen molar-refractivity contribution >= 4 is 17.7 Å². The van der Waals surface area contributed by atoms with E-state index in [1.165, 1.54) is 5.56 Å². The zero-order valence-corrected chi connectivity index (χ0v) is 14.9. The highest BCUT2D eigenvalue weighted by Gasteiger charge is 2.44. The van der Waals surface area contributed by atoms with Crippen molar-refractivity contribution < 1.29 is 15.0 Å². The molecule has 1 unspecified atom stereocenters. The van der Waals surface area contributed by atoms with Gasteiger partial charge in [0.15, 0.2) is 0 Å². The molecule has 1 amide bonds. The van der Waals surface area contributed by atoms with E-state index in [1.54, 1.807) is 16.7 Å². The average Bonchev–Trinajstić information content (AvgIpc) is 2.63. The minimum atomic E-state index is -1.20. The van der Waals surface area contributed by atoms with Crippen molar-refractivity contribution in [3.8, 4) is 0 Å². The second kappa shape index (κ2) is 7.46. The average molecular weight is 349 g/mol. The number of rotatable bonds is 4.